The number of halogens is 1. The van der Waals surface area contributed by atoms with Crippen LogP contribution in [0.2, 0.25) is 0 Å². The second-order valence-electron chi connectivity index (χ2n) is 6.13. The zero-order valence-electron chi connectivity index (χ0n) is 13.9. The second-order valence-corrected chi connectivity index (χ2v) is 9.72. The number of sulfonamides is 1. The molecule has 0 aliphatic carbocycles. The molecule has 8 heteroatoms. The molecule has 25 heavy (non-hydrogen) atoms. The summed E-state index contributed by atoms with van der Waals surface area (Å²) in [6.45, 7) is 5.75. The predicted octanol–water partition coefficient (Wildman–Crippen LogP) is 4.93. The molecule has 2 aromatic heterocycles. The Balaban J connectivity index is 2.02. The Hall–Kier alpha value is -1.64. The van der Waals surface area contributed by atoms with Gasteiger partial charge in [-0.05, 0) is 45.4 Å². The van der Waals surface area contributed by atoms with E-state index in [4.69, 9.17) is 4.52 Å². The molecule has 132 valence electrons. The van der Waals surface area contributed by atoms with Crippen LogP contribution in [0.25, 0.3) is 0 Å². The Morgan fingerprint density at radius 1 is 1.20 bits per heavy atom. The molecule has 3 aromatic rings. The minimum atomic E-state index is -3.80. The lowest BCUT2D eigenvalue weighted by Crippen LogP contribution is -2.22. The maximum absolute atomic E-state index is 12.9. The van der Waals surface area contributed by atoms with Crippen LogP contribution in [0.3, 0.4) is 0 Å². The molecular weight excluding hydrogens is 424 g/mol. The average Bonchev–Trinajstić information content (AvgIpc) is 3.19. The van der Waals surface area contributed by atoms with Gasteiger partial charge in [-0.15, -0.1) is 11.3 Å². The Morgan fingerprint density at radius 2 is 1.88 bits per heavy atom. The standard InChI is InChI=1S/C17H17BrN2O3S2/c1-11-14(18)15(23-19-11)20-25(21,22)16-13(9-10-24-16)17(2,3)12-7-5-4-6-8-12/h4-10,20H,1-3H3. The number of nitrogens with zero attached hydrogens (tertiary/aromatic N) is 1. The molecule has 0 radical (unpaired) electrons. The average molecular weight is 441 g/mol. The molecule has 1 aromatic carbocycles. The van der Waals surface area contributed by atoms with Crippen LogP contribution in [-0.2, 0) is 15.4 Å². The number of hydrogen-bond donors (Lipinski definition) is 1. The van der Waals surface area contributed by atoms with Gasteiger partial charge in [0.05, 0.1) is 5.69 Å². The van der Waals surface area contributed by atoms with Crippen LogP contribution in [0.15, 0.2) is 55.0 Å². The molecule has 0 aliphatic rings. The Labute approximate surface area is 159 Å². The largest absolute Gasteiger partial charge is 0.336 e. The van der Waals surface area contributed by atoms with Crippen LogP contribution in [0, 0.1) is 6.92 Å². The zero-order valence-corrected chi connectivity index (χ0v) is 17.1. The van der Waals surface area contributed by atoms with Crippen molar-refractivity contribution in [3.63, 3.8) is 0 Å². The minimum absolute atomic E-state index is 0.0781. The molecule has 0 saturated carbocycles. The van der Waals surface area contributed by atoms with Crippen molar-refractivity contribution >= 4 is 43.2 Å². The molecule has 0 amide bonds. The van der Waals surface area contributed by atoms with E-state index in [9.17, 15) is 8.42 Å². The summed E-state index contributed by atoms with van der Waals surface area (Å²) in [5.41, 5.74) is 1.90. The molecule has 0 bridgehead atoms. The maximum atomic E-state index is 12.9. The number of anilines is 1. The third-order valence-electron chi connectivity index (χ3n) is 4.06. The third kappa shape index (κ3) is 3.38. The van der Waals surface area contributed by atoms with Crippen LogP contribution in [0.4, 0.5) is 5.88 Å². The highest BCUT2D eigenvalue weighted by Gasteiger charge is 2.32. The molecule has 0 aliphatic heterocycles. The number of nitrogens with one attached hydrogen (secondary N) is 1. The van der Waals surface area contributed by atoms with E-state index in [0.717, 1.165) is 11.1 Å². The number of thiophene rings is 1. The molecular formula is C17H17BrN2O3S2. The van der Waals surface area contributed by atoms with Gasteiger partial charge in [0.25, 0.3) is 15.9 Å². The van der Waals surface area contributed by atoms with Crippen molar-refractivity contribution in [3.05, 3.63) is 63.1 Å². The maximum Gasteiger partial charge on any atom is 0.274 e. The highest BCUT2D eigenvalue weighted by Crippen LogP contribution is 2.39. The van der Waals surface area contributed by atoms with Gasteiger partial charge in [-0.1, -0.05) is 49.3 Å². The van der Waals surface area contributed by atoms with E-state index in [-0.39, 0.29) is 10.1 Å². The van der Waals surface area contributed by atoms with E-state index >= 15 is 0 Å². The Morgan fingerprint density at radius 3 is 2.48 bits per heavy atom. The normalized spacial score (nSPS) is 12.3. The van der Waals surface area contributed by atoms with E-state index in [1.807, 2.05) is 50.2 Å². The first-order valence-electron chi connectivity index (χ1n) is 7.51. The summed E-state index contributed by atoms with van der Waals surface area (Å²) in [7, 11) is -3.80. The smallest absolute Gasteiger partial charge is 0.274 e. The summed E-state index contributed by atoms with van der Waals surface area (Å²) >= 11 is 4.46. The number of hydrogen-bond acceptors (Lipinski definition) is 5. The molecule has 0 spiro atoms. The summed E-state index contributed by atoms with van der Waals surface area (Å²) < 4.78 is 34.1. The van der Waals surface area contributed by atoms with Gasteiger partial charge in [0.15, 0.2) is 0 Å². The van der Waals surface area contributed by atoms with Crippen LogP contribution in [-0.4, -0.2) is 13.6 Å². The fourth-order valence-corrected chi connectivity index (χ4v) is 5.61. The fourth-order valence-electron chi connectivity index (χ4n) is 2.57. The van der Waals surface area contributed by atoms with Crippen LogP contribution < -0.4 is 4.72 Å². The Kier molecular flexibility index (Phi) is 4.78. The summed E-state index contributed by atoms with van der Waals surface area (Å²) in [6.07, 6.45) is 0. The van der Waals surface area contributed by atoms with Gasteiger partial charge >= 0.3 is 0 Å². The first-order chi connectivity index (χ1) is 11.7. The number of aromatic nitrogens is 1. The third-order valence-corrected chi connectivity index (χ3v) is 7.81. The van der Waals surface area contributed by atoms with Crippen molar-refractivity contribution in [2.75, 3.05) is 4.72 Å². The SMILES string of the molecule is Cc1noc(NS(=O)(=O)c2sccc2C(C)(C)c2ccccc2)c1Br. The Bertz CT molecular complexity index is 992. The number of benzene rings is 1. The molecule has 0 fully saturated rings. The second kappa shape index (κ2) is 6.59. The van der Waals surface area contributed by atoms with Crippen molar-refractivity contribution in [2.45, 2.75) is 30.4 Å². The van der Waals surface area contributed by atoms with Crippen molar-refractivity contribution in [1.82, 2.24) is 5.16 Å². The lowest BCUT2D eigenvalue weighted by molar-refractivity contribution is 0.430. The monoisotopic (exact) mass is 440 g/mol. The lowest BCUT2D eigenvalue weighted by atomic mass is 9.79. The van der Waals surface area contributed by atoms with Gasteiger partial charge in [-0.2, -0.15) is 0 Å². The van der Waals surface area contributed by atoms with Gasteiger partial charge in [0.2, 0.25) is 0 Å². The minimum Gasteiger partial charge on any atom is -0.336 e. The molecule has 2 heterocycles. The van der Waals surface area contributed by atoms with Gasteiger partial charge in [-0.25, -0.2) is 13.1 Å². The van der Waals surface area contributed by atoms with Crippen molar-refractivity contribution < 1.29 is 12.9 Å². The van der Waals surface area contributed by atoms with Crippen molar-refractivity contribution in [1.29, 1.82) is 0 Å². The lowest BCUT2D eigenvalue weighted by Gasteiger charge is -2.26. The molecule has 0 unspecified atom stereocenters. The zero-order chi connectivity index (χ0) is 18.2. The molecule has 0 atom stereocenters. The van der Waals surface area contributed by atoms with E-state index in [1.54, 1.807) is 12.3 Å². The van der Waals surface area contributed by atoms with Gasteiger partial charge in [0, 0.05) is 5.41 Å². The van der Waals surface area contributed by atoms with Crippen LogP contribution in [0.1, 0.15) is 30.7 Å². The van der Waals surface area contributed by atoms with Gasteiger partial charge < -0.3 is 4.52 Å². The molecule has 5 nitrogen and oxygen atoms in total. The van der Waals surface area contributed by atoms with E-state index in [2.05, 4.69) is 25.8 Å². The first kappa shape index (κ1) is 18.2. The quantitative estimate of drug-likeness (QED) is 0.609. The van der Waals surface area contributed by atoms with E-state index < -0.39 is 15.4 Å². The van der Waals surface area contributed by atoms with E-state index in [1.165, 1.54) is 11.3 Å². The molecule has 3 rings (SSSR count). The summed E-state index contributed by atoms with van der Waals surface area (Å²) in [5, 5.41) is 5.54. The topological polar surface area (TPSA) is 72.2 Å². The summed E-state index contributed by atoms with van der Waals surface area (Å²) in [4.78, 5) is 0. The van der Waals surface area contributed by atoms with E-state index in [0.29, 0.717) is 10.2 Å². The fraction of sp³-hybridized carbons (Fsp3) is 0.235. The molecule has 1 N–H and O–H groups in total. The van der Waals surface area contributed by atoms with Crippen LogP contribution >= 0.6 is 27.3 Å². The van der Waals surface area contributed by atoms with Crippen molar-refractivity contribution in [3.8, 4) is 0 Å². The van der Waals surface area contributed by atoms with Gasteiger partial charge in [0.1, 0.15) is 8.68 Å². The first-order valence-corrected chi connectivity index (χ1v) is 10.7. The highest BCUT2D eigenvalue weighted by molar-refractivity contribution is 9.10. The van der Waals surface area contributed by atoms with Gasteiger partial charge in [-0.3, -0.25) is 0 Å². The van der Waals surface area contributed by atoms with Crippen LogP contribution in [0.5, 0.6) is 0 Å². The molecule has 0 saturated heterocycles. The number of aryl methyl sites for hydroxylation is 1. The van der Waals surface area contributed by atoms with Crippen molar-refractivity contribution in [2.24, 2.45) is 0 Å². The summed E-state index contributed by atoms with van der Waals surface area (Å²) in [6, 6.07) is 11.7. The number of rotatable bonds is 5. The highest BCUT2D eigenvalue weighted by atomic mass is 79.9. The summed E-state index contributed by atoms with van der Waals surface area (Å²) in [5.74, 6) is 0.0781. The predicted molar refractivity (Wildman–Crippen MR) is 103 cm³/mol.